The highest BCUT2D eigenvalue weighted by Gasteiger charge is 2.24. The first-order valence-electron chi connectivity index (χ1n) is 9.60. The van der Waals surface area contributed by atoms with Crippen LogP contribution in [0.15, 0.2) is 48.5 Å². The Morgan fingerprint density at radius 3 is 2.63 bits per heavy atom. The maximum Gasteiger partial charge on any atom is 0.272 e. The summed E-state index contributed by atoms with van der Waals surface area (Å²) in [6.45, 7) is 1.50. The molecule has 4 rings (SSSR count). The van der Waals surface area contributed by atoms with Gasteiger partial charge >= 0.3 is 0 Å². The summed E-state index contributed by atoms with van der Waals surface area (Å²) in [5.74, 6) is 0.233. The van der Waals surface area contributed by atoms with Gasteiger partial charge < -0.3 is 15.4 Å². The number of H-pyrrole nitrogens is 1. The summed E-state index contributed by atoms with van der Waals surface area (Å²) in [6, 6.07) is 13.6. The van der Waals surface area contributed by atoms with Crippen molar-refractivity contribution >= 4 is 18.3 Å². The van der Waals surface area contributed by atoms with Gasteiger partial charge in [-0.1, -0.05) is 24.3 Å². The van der Waals surface area contributed by atoms with E-state index in [0.29, 0.717) is 18.7 Å². The van der Waals surface area contributed by atoms with Crippen LogP contribution in [-0.2, 0) is 19.4 Å². The van der Waals surface area contributed by atoms with Crippen LogP contribution in [0.4, 0.5) is 4.39 Å². The van der Waals surface area contributed by atoms with Gasteiger partial charge in [-0.2, -0.15) is 5.10 Å². The summed E-state index contributed by atoms with van der Waals surface area (Å²) in [5, 5.41) is 13.6. The normalized spacial score (nSPS) is 13.7. The number of amides is 1. The van der Waals surface area contributed by atoms with Gasteiger partial charge in [-0.3, -0.25) is 9.89 Å². The van der Waals surface area contributed by atoms with Crippen LogP contribution >= 0.6 is 12.4 Å². The highest BCUT2D eigenvalue weighted by Crippen LogP contribution is 2.23. The number of ether oxygens (including phenoxy) is 1. The number of hydrogen-bond donors (Lipinski definition) is 3. The van der Waals surface area contributed by atoms with Gasteiger partial charge in [0.15, 0.2) is 5.69 Å². The zero-order valence-electron chi connectivity index (χ0n) is 16.6. The van der Waals surface area contributed by atoms with Crippen LogP contribution in [0.5, 0.6) is 5.75 Å². The molecule has 0 fully saturated rings. The number of rotatable bonds is 6. The lowest BCUT2D eigenvalue weighted by atomic mass is 9.98. The number of carbonyl (C=O) groups is 1. The Kier molecular flexibility index (Phi) is 7.07. The van der Waals surface area contributed by atoms with Gasteiger partial charge in [0, 0.05) is 30.8 Å². The second-order valence-electron chi connectivity index (χ2n) is 7.09. The van der Waals surface area contributed by atoms with Gasteiger partial charge in [0.25, 0.3) is 5.91 Å². The number of methoxy groups -OCH3 is 1. The molecule has 0 spiro atoms. The minimum atomic E-state index is -0.289. The SMILES string of the molecule is COc1ccc(C(Cc2ccc(F)cc2)NC(=O)c2n[nH]c3c2CNCC3)cc1.Cl. The Labute approximate surface area is 180 Å². The van der Waals surface area contributed by atoms with Gasteiger partial charge in [0.1, 0.15) is 11.6 Å². The number of aromatic nitrogens is 2. The van der Waals surface area contributed by atoms with Crippen molar-refractivity contribution in [1.82, 2.24) is 20.8 Å². The van der Waals surface area contributed by atoms with Crippen LogP contribution in [-0.4, -0.2) is 29.8 Å². The molecule has 0 bridgehead atoms. The number of nitrogens with one attached hydrogen (secondary N) is 3. The number of nitrogens with zero attached hydrogens (tertiary/aromatic N) is 1. The topological polar surface area (TPSA) is 79.0 Å². The van der Waals surface area contributed by atoms with Crippen molar-refractivity contribution in [3.63, 3.8) is 0 Å². The zero-order chi connectivity index (χ0) is 20.2. The van der Waals surface area contributed by atoms with E-state index in [1.165, 1.54) is 12.1 Å². The minimum absolute atomic E-state index is 0. The number of carbonyl (C=O) groups excluding carboxylic acids is 1. The number of halogens is 2. The molecule has 1 aliphatic rings. The Bertz CT molecular complexity index is 989. The fourth-order valence-corrected chi connectivity index (χ4v) is 3.58. The predicted molar refractivity (Wildman–Crippen MR) is 115 cm³/mol. The van der Waals surface area contributed by atoms with Crippen LogP contribution in [0.25, 0.3) is 0 Å². The predicted octanol–water partition coefficient (Wildman–Crippen LogP) is 3.34. The maximum atomic E-state index is 13.3. The summed E-state index contributed by atoms with van der Waals surface area (Å²) in [4.78, 5) is 13.0. The molecule has 8 heteroatoms. The highest BCUT2D eigenvalue weighted by atomic mass is 35.5. The number of fused-ring (bicyclic) bond motifs is 1. The highest BCUT2D eigenvalue weighted by molar-refractivity contribution is 5.94. The molecular weight excluding hydrogens is 407 g/mol. The molecule has 30 heavy (non-hydrogen) atoms. The van der Waals surface area contributed by atoms with Crippen molar-refractivity contribution in [3.05, 3.63) is 82.4 Å². The van der Waals surface area contributed by atoms with E-state index in [1.54, 1.807) is 19.2 Å². The lowest BCUT2D eigenvalue weighted by Gasteiger charge is -2.20. The van der Waals surface area contributed by atoms with Crippen LogP contribution in [0.2, 0.25) is 0 Å². The Hall–Kier alpha value is -2.90. The van der Waals surface area contributed by atoms with Crippen molar-refractivity contribution in [2.45, 2.75) is 25.4 Å². The summed E-state index contributed by atoms with van der Waals surface area (Å²) in [6.07, 6.45) is 1.36. The molecule has 0 saturated heterocycles. The van der Waals surface area contributed by atoms with E-state index < -0.39 is 0 Å². The minimum Gasteiger partial charge on any atom is -0.497 e. The largest absolute Gasteiger partial charge is 0.497 e. The van der Waals surface area contributed by atoms with Gasteiger partial charge in [0.05, 0.1) is 13.2 Å². The molecule has 1 aliphatic heterocycles. The molecule has 1 unspecified atom stereocenters. The molecule has 3 aromatic rings. The average Bonchev–Trinajstić information content (AvgIpc) is 3.19. The fourth-order valence-electron chi connectivity index (χ4n) is 3.58. The van der Waals surface area contributed by atoms with Gasteiger partial charge in [0.2, 0.25) is 0 Å². The molecular formula is C22H24ClFN4O2. The first kappa shape index (κ1) is 21.8. The standard InChI is InChI=1S/C22H23FN4O2.ClH/c1-29-17-8-4-15(5-9-17)20(12-14-2-6-16(23)7-3-14)25-22(28)21-18-13-24-11-10-19(18)26-27-21;/h2-9,20,24H,10-13H2,1H3,(H,25,28)(H,26,27);1H. The number of hydrogen-bond acceptors (Lipinski definition) is 4. The number of benzene rings is 2. The third kappa shape index (κ3) is 4.80. The molecule has 1 atom stereocenters. The Balaban J connectivity index is 0.00000256. The lowest BCUT2D eigenvalue weighted by Crippen LogP contribution is -2.32. The molecule has 6 nitrogen and oxygen atoms in total. The summed E-state index contributed by atoms with van der Waals surface area (Å²) in [5.41, 5.74) is 4.21. The van der Waals surface area contributed by atoms with Crippen molar-refractivity contribution < 1.29 is 13.9 Å². The Morgan fingerprint density at radius 1 is 1.20 bits per heavy atom. The average molecular weight is 431 g/mol. The molecule has 0 aliphatic carbocycles. The van der Waals surface area contributed by atoms with E-state index in [0.717, 1.165) is 41.1 Å². The first-order valence-corrected chi connectivity index (χ1v) is 9.60. The second-order valence-corrected chi connectivity index (χ2v) is 7.09. The molecule has 2 heterocycles. The first-order chi connectivity index (χ1) is 14.1. The van der Waals surface area contributed by atoms with Gasteiger partial charge in [-0.05, 0) is 41.8 Å². The van der Waals surface area contributed by atoms with Crippen LogP contribution < -0.4 is 15.4 Å². The van der Waals surface area contributed by atoms with Gasteiger partial charge in [-0.25, -0.2) is 4.39 Å². The molecule has 1 aromatic heterocycles. The lowest BCUT2D eigenvalue weighted by molar-refractivity contribution is 0.0930. The van der Waals surface area contributed by atoms with Crippen molar-refractivity contribution in [3.8, 4) is 5.75 Å². The summed E-state index contributed by atoms with van der Waals surface area (Å²) in [7, 11) is 1.61. The molecule has 0 saturated carbocycles. The van der Waals surface area contributed by atoms with Crippen LogP contribution in [0, 0.1) is 5.82 Å². The molecule has 0 radical (unpaired) electrons. The third-order valence-electron chi connectivity index (χ3n) is 5.20. The molecule has 1 amide bonds. The summed E-state index contributed by atoms with van der Waals surface area (Å²) < 4.78 is 18.5. The summed E-state index contributed by atoms with van der Waals surface area (Å²) >= 11 is 0. The van der Waals surface area contributed by atoms with E-state index in [9.17, 15) is 9.18 Å². The second kappa shape index (κ2) is 9.73. The smallest absolute Gasteiger partial charge is 0.272 e. The Morgan fingerprint density at radius 2 is 1.93 bits per heavy atom. The third-order valence-corrected chi connectivity index (χ3v) is 5.20. The van der Waals surface area contributed by atoms with E-state index in [4.69, 9.17) is 4.74 Å². The van der Waals surface area contributed by atoms with E-state index in [-0.39, 0.29) is 30.2 Å². The van der Waals surface area contributed by atoms with Crippen molar-refractivity contribution in [2.75, 3.05) is 13.7 Å². The molecule has 158 valence electrons. The van der Waals surface area contributed by atoms with E-state index >= 15 is 0 Å². The number of aromatic amines is 1. The monoisotopic (exact) mass is 430 g/mol. The van der Waals surface area contributed by atoms with Crippen LogP contribution in [0.1, 0.15) is 38.9 Å². The quantitative estimate of drug-likeness (QED) is 0.560. The fraction of sp³-hybridized carbons (Fsp3) is 0.273. The van der Waals surface area contributed by atoms with Crippen molar-refractivity contribution in [2.24, 2.45) is 0 Å². The van der Waals surface area contributed by atoms with Crippen LogP contribution in [0.3, 0.4) is 0 Å². The zero-order valence-corrected chi connectivity index (χ0v) is 17.4. The van der Waals surface area contributed by atoms with Gasteiger partial charge in [-0.15, -0.1) is 12.4 Å². The van der Waals surface area contributed by atoms with Crippen molar-refractivity contribution in [1.29, 1.82) is 0 Å². The van der Waals surface area contributed by atoms with E-state index in [2.05, 4.69) is 20.8 Å². The van der Waals surface area contributed by atoms with E-state index in [1.807, 2.05) is 24.3 Å². The molecule has 2 aromatic carbocycles. The maximum absolute atomic E-state index is 13.3. The molecule has 3 N–H and O–H groups in total.